The molecule has 0 bridgehead atoms. The monoisotopic (exact) mass is 267 g/mol. The predicted molar refractivity (Wildman–Crippen MR) is 68.5 cm³/mol. The number of carbonyl (C=O) groups is 1. The van der Waals surface area contributed by atoms with Crippen molar-refractivity contribution in [1.82, 2.24) is 4.98 Å². The van der Waals surface area contributed by atoms with Crippen LogP contribution in [0.15, 0.2) is 18.2 Å². The lowest BCUT2D eigenvalue weighted by Gasteiger charge is -2.06. The number of aldehydes is 1. The van der Waals surface area contributed by atoms with Crippen LogP contribution in [0.5, 0.6) is 10.9 Å². The van der Waals surface area contributed by atoms with Crippen molar-refractivity contribution < 1.29 is 9.53 Å². The number of halogens is 1. The molecule has 0 fully saturated rings. The molecule has 88 valence electrons. The number of ether oxygens (including phenoxy) is 1. The molecule has 0 aliphatic rings. The van der Waals surface area contributed by atoms with Crippen molar-refractivity contribution in [2.75, 3.05) is 0 Å². The van der Waals surface area contributed by atoms with E-state index in [1.54, 1.807) is 0 Å². The maximum absolute atomic E-state index is 10.6. The van der Waals surface area contributed by atoms with Crippen LogP contribution in [0.25, 0.3) is 0 Å². The van der Waals surface area contributed by atoms with Crippen molar-refractivity contribution in [3.8, 4) is 10.9 Å². The fourth-order valence-corrected chi connectivity index (χ4v) is 2.24. The highest BCUT2D eigenvalue weighted by Crippen LogP contribution is 2.32. The van der Waals surface area contributed by atoms with E-state index in [9.17, 15) is 4.79 Å². The van der Waals surface area contributed by atoms with E-state index >= 15 is 0 Å². The molecule has 0 saturated carbocycles. The molecule has 2 aromatic rings. The molecule has 0 aliphatic carbocycles. The smallest absolute Gasteiger partial charge is 0.280 e. The minimum atomic E-state index is 0.185. The summed E-state index contributed by atoms with van der Waals surface area (Å²) in [5, 5.41) is 0.566. The molecule has 0 radical (unpaired) electrons. The second-order valence-corrected chi connectivity index (χ2v) is 4.97. The zero-order valence-corrected chi connectivity index (χ0v) is 10.9. The Bertz CT molecular complexity index is 566. The van der Waals surface area contributed by atoms with Gasteiger partial charge >= 0.3 is 0 Å². The van der Waals surface area contributed by atoms with E-state index in [0.29, 0.717) is 16.4 Å². The van der Waals surface area contributed by atoms with Gasteiger partial charge in [0.05, 0.1) is 0 Å². The van der Waals surface area contributed by atoms with Crippen LogP contribution < -0.4 is 4.74 Å². The van der Waals surface area contributed by atoms with Crippen molar-refractivity contribution in [3.05, 3.63) is 39.4 Å². The van der Waals surface area contributed by atoms with Crippen molar-refractivity contribution in [3.63, 3.8) is 0 Å². The number of aromatic nitrogens is 1. The number of hydrogen-bond donors (Lipinski definition) is 0. The summed E-state index contributed by atoms with van der Waals surface area (Å²) < 4.78 is 5.62. The zero-order chi connectivity index (χ0) is 12.4. The Morgan fingerprint density at radius 3 is 2.82 bits per heavy atom. The molecule has 0 aliphatic heterocycles. The molecule has 3 nitrogen and oxygen atoms in total. The Kier molecular flexibility index (Phi) is 3.45. The SMILES string of the molecule is Cc1ccc(C)c(Oc2nc(Cl)c(C=O)s2)c1. The summed E-state index contributed by atoms with van der Waals surface area (Å²) in [7, 11) is 0. The molecule has 5 heteroatoms. The Labute approximate surface area is 108 Å². The van der Waals surface area contributed by atoms with Gasteiger partial charge in [-0.1, -0.05) is 35.1 Å². The van der Waals surface area contributed by atoms with E-state index < -0.39 is 0 Å². The molecular weight excluding hydrogens is 258 g/mol. The van der Waals surface area contributed by atoms with E-state index in [0.717, 1.165) is 28.2 Å². The molecule has 2 rings (SSSR count). The van der Waals surface area contributed by atoms with Crippen molar-refractivity contribution in [2.24, 2.45) is 0 Å². The third-order valence-electron chi connectivity index (χ3n) is 2.24. The van der Waals surface area contributed by atoms with Crippen molar-refractivity contribution >= 4 is 29.2 Å². The van der Waals surface area contributed by atoms with E-state index in [1.807, 2.05) is 32.0 Å². The number of aryl methyl sites for hydroxylation is 2. The summed E-state index contributed by atoms with van der Waals surface area (Å²) in [5.41, 5.74) is 2.11. The number of hydrogen-bond acceptors (Lipinski definition) is 4. The third-order valence-corrected chi connectivity index (χ3v) is 3.50. The van der Waals surface area contributed by atoms with Gasteiger partial charge in [-0.3, -0.25) is 4.79 Å². The highest BCUT2D eigenvalue weighted by molar-refractivity contribution is 7.15. The van der Waals surface area contributed by atoms with Gasteiger partial charge in [0.25, 0.3) is 5.19 Å². The molecule has 0 saturated heterocycles. The van der Waals surface area contributed by atoms with Crippen LogP contribution in [-0.4, -0.2) is 11.3 Å². The topological polar surface area (TPSA) is 39.2 Å². The summed E-state index contributed by atoms with van der Waals surface area (Å²) in [6, 6.07) is 5.90. The number of thiazole rings is 1. The van der Waals surface area contributed by atoms with Crippen molar-refractivity contribution in [2.45, 2.75) is 13.8 Å². The molecule has 1 aromatic carbocycles. The Morgan fingerprint density at radius 1 is 1.41 bits per heavy atom. The summed E-state index contributed by atoms with van der Waals surface area (Å²) in [6.07, 6.45) is 0.677. The first-order valence-electron chi connectivity index (χ1n) is 4.97. The van der Waals surface area contributed by atoms with Crippen LogP contribution in [0.2, 0.25) is 5.15 Å². The lowest BCUT2D eigenvalue weighted by molar-refractivity contribution is 0.112. The molecule has 0 N–H and O–H groups in total. The quantitative estimate of drug-likeness (QED) is 0.789. The van der Waals surface area contributed by atoms with Gasteiger partial charge in [0.2, 0.25) is 0 Å². The normalized spacial score (nSPS) is 10.3. The number of nitrogens with zero attached hydrogens (tertiary/aromatic N) is 1. The Balaban J connectivity index is 2.30. The van der Waals surface area contributed by atoms with Gasteiger partial charge < -0.3 is 4.74 Å². The number of rotatable bonds is 3. The molecule has 0 atom stereocenters. The average molecular weight is 268 g/mol. The minimum absolute atomic E-state index is 0.185. The maximum atomic E-state index is 10.6. The second-order valence-electron chi connectivity index (χ2n) is 3.62. The van der Waals surface area contributed by atoms with E-state index in [1.165, 1.54) is 0 Å². The zero-order valence-electron chi connectivity index (χ0n) is 9.36. The van der Waals surface area contributed by atoms with E-state index in [2.05, 4.69) is 4.98 Å². The summed E-state index contributed by atoms with van der Waals surface area (Å²) in [6.45, 7) is 3.93. The van der Waals surface area contributed by atoms with Gasteiger partial charge in [-0.15, -0.1) is 0 Å². The summed E-state index contributed by atoms with van der Waals surface area (Å²) >= 11 is 6.91. The first-order chi connectivity index (χ1) is 8.10. The van der Waals surface area contributed by atoms with Gasteiger partial charge in [0.15, 0.2) is 11.4 Å². The highest BCUT2D eigenvalue weighted by Gasteiger charge is 2.11. The summed E-state index contributed by atoms with van der Waals surface area (Å²) in [5.74, 6) is 0.730. The fourth-order valence-electron chi connectivity index (χ4n) is 1.32. The van der Waals surface area contributed by atoms with Crippen LogP contribution in [-0.2, 0) is 0 Å². The maximum Gasteiger partial charge on any atom is 0.280 e. The number of benzene rings is 1. The molecular formula is C12H10ClNO2S. The first-order valence-corrected chi connectivity index (χ1v) is 6.16. The van der Waals surface area contributed by atoms with Crippen molar-refractivity contribution in [1.29, 1.82) is 0 Å². The summed E-state index contributed by atoms with van der Waals surface area (Å²) in [4.78, 5) is 15.0. The minimum Gasteiger partial charge on any atom is -0.431 e. The van der Waals surface area contributed by atoms with Gasteiger partial charge in [-0.05, 0) is 31.0 Å². The van der Waals surface area contributed by atoms with Gasteiger partial charge in [0.1, 0.15) is 10.6 Å². The van der Waals surface area contributed by atoms with Crippen LogP contribution in [0.3, 0.4) is 0 Å². The third kappa shape index (κ3) is 2.65. The standard InChI is InChI=1S/C12H10ClNO2S/c1-7-3-4-8(2)9(5-7)16-12-14-11(13)10(6-15)17-12/h3-6H,1-2H3. The second kappa shape index (κ2) is 4.85. The molecule has 1 heterocycles. The molecule has 0 amide bonds. The van der Waals surface area contributed by atoms with Gasteiger partial charge in [0, 0.05) is 0 Å². The van der Waals surface area contributed by atoms with E-state index in [-0.39, 0.29) is 5.15 Å². The highest BCUT2D eigenvalue weighted by atomic mass is 35.5. The molecule has 1 aromatic heterocycles. The Hall–Kier alpha value is -1.39. The van der Waals surface area contributed by atoms with E-state index in [4.69, 9.17) is 16.3 Å². The van der Waals surface area contributed by atoms with Gasteiger partial charge in [-0.25, -0.2) is 0 Å². The van der Waals surface area contributed by atoms with Crippen LogP contribution >= 0.6 is 22.9 Å². The van der Waals surface area contributed by atoms with Crippen LogP contribution in [0, 0.1) is 13.8 Å². The molecule has 17 heavy (non-hydrogen) atoms. The molecule has 0 spiro atoms. The lowest BCUT2D eigenvalue weighted by atomic mass is 10.1. The van der Waals surface area contributed by atoms with Crippen LogP contribution in [0.4, 0.5) is 0 Å². The van der Waals surface area contributed by atoms with Gasteiger partial charge in [-0.2, -0.15) is 4.98 Å². The van der Waals surface area contributed by atoms with Crippen LogP contribution in [0.1, 0.15) is 20.8 Å². The molecule has 0 unspecified atom stereocenters. The average Bonchev–Trinajstić information content (AvgIpc) is 2.64. The first kappa shape index (κ1) is 12.1. The Morgan fingerprint density at radius 2 is 2.18 bits per heavy atom. The fraction of sp³-hybridized carbons (Fsp3) is 0.167. The number of carbonyl (C=O) groups excluding carboxylic acids is 1. The lowest BCUT2D eigenvalue weighted by Crippen LogP contribution is -1.87. The predicted octanol–water partition coefficient (Wildman–Crippen LogP) is 4.02. The largest absolute Gasteiger partial charge is 0.431 e.